The van der Waals surface area contributed by atoms with E-state index in [0.717, 1.165) is 36.2 Å². The Balaban J connectivity index is 0.000000172. The molecule has 0 bridgehead atoms. The third kappa shape index (κ3) is 7.02. The van der Waals surface area contributed by atoms with Crippen LogP contribution in [-0.4, -0.2) is 11.7 Å². The summed E-state index contributed by atoms with van der Waals surface area (Å²) in [6.45, 7) is 0.864. The zero-order chi connectivity index (χ0) is 16.1. The zero-order valence-corrected chi connectivity index (χ0v) is 17.9. The molecular formula is C16H14Br4O2. The first-order valence-corrected chi connectivity index (χ1v) is 9.83. The Kier molecular flexibility index (Phi) is 7.25. The predicted molar refractivity (Wildman–Crippen MR) is 104 cm³/mol. The van der Waals surface area contributed by atoms with Crippen molar-refractivity contribution in [2.75, 3.05) is 6.61 Å². The van der Waals surface area contributed by atoms with E-state index in [9.17, 15) is 0 Å². The Hall–Kier alpha value is -0.0400. The summed E-state index contributed by atoms with van der Waals surface area (Å²) >= 11 is 13.3. The lowest BCUT2D eigenvalue weighted by Crippen LogP contribution is -1.98. The number of benzene rings is 2. The maximum absolute atomic E-state index is 8.93. The first-order valence-electron chi connectivity index (χ1n) is 6.66. The molecule has 0 unspecified atom stereocenters. The molecule has 0 radical (unpaired) electrons. The van der Waals surface area contributed by atoms with Crippen LogP contribution in [0.25, 0.3) is 0 Å². The lowest BCUT2D eigenvalue weighted by Gasteiger charge is -2.05. The maximum atomic E-state index is 8.93. The fraction of sp³-hybridized carbons (Fsp3) is 0.250. The van der Waals surface area contributed by atoms with Crippen LogP contribution < -0.4 is 4.74 Å². The lowest BCUT2D eigenvalue weighted by atomic mass is 10.3. The molecule has 0 spiro atoms. The normalized spacial score (nSPS) is 13.3. The van der Waals surface area contributed by atoms with Gasteiger partial charge in [-0.2, -0.15) is 0 Å². The molecule has 0 atom stereocenters. The van der Waals surface area contributed by atoms with Crippen molar-refractivity contribution in [2.24, 2.45) is 5.92 Å². The highest BCUT2D eigenvalue weighted by Gasteiger charge is 2.21. The summed E-state index contributed by atoms with van der Waals surface area (Å²) in [6, 6.07) is 11.1. The Morgan fingerprint density at radius 1 is 0.818 bits per heavy atom. The van der Waals surface area contributed by atoms with Gasteiger partial charge in [0.15, 0.2) is 0 Å². The van der Waals surface area contributed by atoms with Gasteiger partial charge < -0.3 is 9.84 Å². The third-order valence-corrected chi connectivity index (χ3v) is 4.70. The third-order valence-electron chi connectivity index (χ3n) is 2.87. The summed E-state index contributed by atoms with van der Waals surface area (Å²) in [7, 11) is 0. The number of hydrogen-bond acceptors (Lipinski definition) is 2. The topological polar surface area (TPSA) is 29.5 Å². The lowest BCUT2D eigenvalue weighted by molar-refractivity contribution is 0.299. The van der Waals surface area contributed by atoms with Gasteiger partial charge in [0.2, 0.25) is 0 Å². The van der Waals surface area contributed by atoms with E-state index < -0.39 is 0 Å². The molecule has 3 rings (SSSR count). The molecule has 118 valence electrons. The number of phenolic OH excluding ortho intramolecular Hbond substituents is 1. The van der Waals surface area contributed by atoms with Crippen molar-refractivity contribution in [3.05, 3.63) is 54.3 Å². The van der Waals surface area contributed by atoms with Gasteiger partial charge in [-0.15, -0.1) is 0 Å². The first-order chi connectivity index (χ1) is 10.4. The largest absolute Gasteiger partial charge is 0.508 e. The minimum atomic E-state index is 0.260. The summed E-state index contributed by atoms with van der Waals surface area (Å²) in [6.07, 6.45) is 2.66. The van der Waals surface area contributed by atoms with Gasteiger partial charge in [0, 0.05) is 17.9 Å². The number of halogens is 4. The Bertz CT molecular complexity index is 571. The van der Waals surface area contributed by atoms with Crippen molar-refractivity contribution >= 4 is 63.7 Å². The van der Waals surface area contributed by atoms with E-state index in [4.69, 9.17) is 9.84 Å². The molecular weight excluding hydrogens is 544 g/mol. The SMILES string of the molecule is Brc1cc(Br)cc(OCC2CC2)c1.Oc1cc(Br)cc(Br)c1. The van der Waals surface area contributed by atoms with Gasteiger partial charge in [-0.25, -0.2) is 0 Å². The number of aromatic hydroxyl groups is 1. The van der Waals surface area contributed by atoms with Crippen molar-refractivity contribution in [1.82, 2.24) is 0 Å². The molecule has 1 aliphatic rings. The molecule has 0 aromatic heterocycles. The molecule has 2 nitrogen and oxygen atoms in total. The number of phenols is 1. The Labute approximate surface area is 163 Å². The van der Waals surface area contributed by atoms with E-state index >= 15 is 0 Å². The van der Waals surface area contributed by atoms with Gasteiger partial charge in [-0.1, -0.05) is 63.7 Å². The molecule has 1 fully saturated rings. The van der Waals surface area contributed by atoms with Crippen LogP contribution in [-0.2, 0) is 0 Å². The Morgan fingerprint density at radius 2 is 1.27 bits per heavy atom. The molecule has 0 saturated heterocycles. The van der Waals surface area contributed by atoms with Gasteiger partial charge in [0.1, 0.15) is 11.5 Å². The first kappa shape index (κ1) is 18.3. The van der Waals surface area contributed by atoms with Crippen molar-refractivity contribution < 1.29 is 9.84 Å². The average Bonchev–Trinajstić information content (AvgIpc) is 3.18. The van der Waals surface area contributed by atoms with Gasteiger partial charge in [-0.3, -0.25) is 0 Å². The monoisotopic (exact) mass is 554 g/mol. The van der Waals surface area contributed by atoms with Crippen LogP contribution in [0.15, 0.2) is 54.3 Å². The van der Waals surface area contributed by atoms with E-state index in [0.29, 0.717) is 0 Å². The van der Waals surface area contributed by atoms with E-state index in [2.05, 4.69) is 63.7 Å². The molecule has 0 heterocycles. The second-order valence-corrected chi connectivity index (χ2v) is 8.65. The van der Waals surface area contributed by atoms with Gasteiger partial charge in [0.25, 0.3) is 0 Å². The molecule has 0 aliphatic heterocycles. The summed E-state index contributed by atoms with van der Waals surface area (Å²) in [5, 5.41) is 8.93. The Morgan fingerprint density at radius 3 is 1.68 bits per heavy atom. The van der Waals surface area contributed by atoms with Crippen molar-refractivity contribution in [3.8, 4) is 11.5 Å². The molecule has 1 saturated carbocycles. The summed E-state index contributed by atoms with van der Waals surface area (Å²) in [4.78, 5) is 0. The highest BCUT2D eigenvalue weighted by molar-refractivity contribution is 9.11. The van der Waals surface area contributed by atoms with Gasteiger partial charge >= 0.3 is 0 Å². The quantitative estimate of drug-likeness (QED) is 0.444. The highest BCUT2D eigenvalue weighted by Crippen LogP contribution is 2.31. The summed E-state index contributed by atoms with van der Waals surface area (Å²) in [5.74, 6) is 2.00. The van der Waals surface area contributed by atoms with Crippen LogP contribution in [0.3, 0.4) is 0 Å². The van der Waals surface area contributed by atoms with E-state index in [1.165, 1.54) is 12.8 Å². The molecule has 6 heteroatoms. The summed E-state index contributed by atoms with van der Waals surface area (Å²) < 4.78 is 9.47. The molecule has 1 N–H and O–H groups in total. The molecule has 0 amide bonds. The molecule has 2 aromatic carbocycles. The van der Waals surface area contributed by atoms with Crippen molar-refractivity contribution in [2.45, 2.75) is 12.8 Å². The fourth-order valence-electron chi connectivity index (χ4n) is 1.65. The van der Waals surface area contributed by atoms with Gasteiger partial charge in [0.05, 0.1) is 6.61 Å². The second-order valence-electron chi connectivity index (χ2n) is 4.99. The van der Waals surface area contributed by atoms with Crippen LogP contribution in [0.2, 0.25) is 0 Å². The highest BCUT2D eigenvalue weighted by atomic mass is 79.9. The van der Waals surface area contributed by atoms with E-state index in [1.54, 1.807) is 12.1 Å². The van der Waals surface area contributed by atoms with E-state index in [-0.39, 0.29) is 5.75 Å². The number of ether oxygens (including phenoxy) is 1. The zero-order valence-electron chi connectivity index (χ0n) is 11.5. The predicted octanol–water partition coefficient (Wildman–Crippen LogP) is 6.92. The van der Waals surface area contributed by atoms with Crippen LogP contribution in [0.5, 0.6) is 11.5 Å². The van der Waals surface area contributed by atoms with Gasteiger partial charge in [-0.05, 0) is 55.2 Å². The standard InChI is InChI=1S/C10H10Br2O.C6H4Br2O/c11-8-3-9(12)5-10(4-8)13-6-7-1-2-7;7-4-1-5(8)3-6(9)2-4/h3-5,7H,1-2,6H2;1-3,9H. The fourth-order valence-corrected chi connectivity index (χ4v) is 4.17. The van der Waals surface area contributed by atoms with Crippen LogP contribution in [0.4, 0.5) is 0 Å². The second kappa shape index (κ2) is 8.71. The van der Waals surface area contributed by atoms with Crippen LogP contribution in [0.1, 0.15) is 12.8 Å². The number of rotatable bonds is 3. The minimum Gasteiger partial charge on any atom is -0.508 e. The molecule has 22 heavy (non-hydrogen) atoms. The van der Waals surface area contributed by atoms with E-state index in [1.807, 2.05) is 24.3 Å². The smallest absolute Gasteiger partial charge is 0.121 e. The molecule has 1 aliphatic carbocycles. The van der Waals surface area contributed by atoms with Crippen LogP contribution in [0, 0.1) is 5.92 Å². The molecule has 2 aromatic rings. The minimum absolute atomic E-state index is 0.260. The average molecular weight is 558 g/mol. The van der Waals surface area contributed by atoms with Crippen LogP contribution >= 0.6 is 63.7 Å². The van der Waals surface area contributed by atoms with Crippen molar-refractivity contribution in [3.63, 3.8) is 0 Å². The maximum Gasteiger partial charge on any atom is 0.121 e. The van der Waals surface area contributed by atoms with Crippen molar-refractivity contribution in [1.29, 1.82) is 0 Å². The summed E-state index contributed by atoms with van der Waals surface area (Å²) in [5.41, 5.74) is 0. The number of hydrogen-bond donors (Lipinski definition) is 1.